The second-order valence-corrected chi connectivity index (χ2v) is 7.31. The third-order valence-electron chi connectivity index (χ3n) is 3.51. The number of nitrogens with zero attached hydrogens (tertiary/aromatic N) is 1. The van der Waals surface area contributed by atoms with E-state index in [-0.39, 0.29) is 12.2 Å². The number of carbonyl (C=O) groups is 1. The zero-order chi connectivity index (χ0) is 19.3. The Morgan fingerprint density at radius 3 is 2.19 bits per heavy atom. The van der Waals surface area contributed by atoms with Crippen LogP contribution in [0.2, 0.25) is 5.02 Å². The maximum absolute atomic E-state index is 12.1. The quantitative estimate of drug-likeness (QED) is 0.595. The van der Waals surface area contributed by atoms with Crippen molar-refractivity contribution >= 4 is 28.5 Å². The smallest absolute Gasteiger partial charge is 0.341 e. The van der Waals surface area contributed by atoms with Gasteiger partial charge in [0, 0.05) is 17.6 Å². The van der Waals surface area contributed by atoms with Crippen LogP contribution in [0.15, 0.2) is 18.3 Å². The van der Waals surface area contributed by atoms with Crippen LogP contribution in [0.1, 0.15) is 45.0 Å². The predicted molar refractivity (Wildman–Crippen MR) is 103 cm³/mol. The van der Waals surface area contributed by atoms with Crippen molar-refractivity contribution in [1.29, 1.82) is 0 Å². The Labute approximate surface area is 159 Å². The van der Waals surface area contributed by atoms with Gasteiger partial charge in [0.2, 0.25) is 0 Å². The average molecular weight is 380 g/mol. The first-order valence-electron chi connectivity index (χ1n) is 8.88. The Balaban J connectivity index is 2.49. The predicted octanol–water partition coefficient (Wildman–Crippen LogP) is 5.13. The van der Waals surface area contributed by atoms with Gasteiger partial charge in [-0.3, -0.25) is 4.98 Å². The number of hydrogen-bond acceptors (Lipinski definition) is 5. The highest BCUT2D eigenvalue weighted by molar-refractivity contribution is 6.38. The molecule has 0 saturated heterocycles. The van der Waals surface area contributed by atoms with E-state index in [2.05, 4.69) is 32.7 Å². The van der Waals surface area contributed by atoms with E-state index in [1.54, 1.807) is 19.1 Å². The summed E-state index contributed by atoms with van der Waals surface area (Å²) >= 11 is 6.45. The molecule has 1 aromatic carbocycles. The van der Waals surface area contributed by atoms with Crippen LogP contribution >= 0.6 is 11.6 Å². The Morgan fingerprint density at radius 1 is 1.08 bits per heavy atom. The van der Waals surface area contributed by atoms with Crippen LogP contribution in [-0.2, 0) is 4.74 Å². The van der Waals surface area contributed by atoms with Crippen molar-refractivity contribution in [2.24, 2.45) is 11.8 Å². The van der Waals surface area contributed by atoms with Gasteiger partial charge in [0.25, 0.3) is 0 Å². The lowest BCUT2D eigenvalue weighted by Gasteiger charge is -2.17. The standard InChI is InChI=1S/C20H26ClNO4/c1-6-24-20(23)15-9-22-16-8-18(26-11-13(4)5)17(25-10-12(2)3)7-14(16)19(15)21/h7-9,12-13H,6,10-11H2,1-5H3. The second kappa shape index (κ2) is 9.08. The number of pyridine rings is 1. The molecule has 1 aromatic heterocycles. The summed E-state index contributed by atoms with van der Waals surface area (Å²) < 4.78 is 16.8. The number of carbonyl (C=O) groups excluding carboxylic acids is 1. The molecule has 0 aliphatic rings. The molecular formula is C20H26ClNO4. The van der Waals surface area contributed by atoms with E-state index in [0.717, 1.165) is 0 Å². The van der Waals surface area contributed by atoms with Gasteiger partial charge in [-0.05, 0) is 24.8 Å². The van der Waals surface area contributed by atoms with E-state index in [1.165, 1.54) is 6.20 Å². The van der Waals surface area contributed by atoms with Crippen LogP contribution < -0.4 is 9.47 Å². The van der Waals surface area contributed by atoms with Crippen molar-refractivity contribution in [2.45, 2.75) is 34.6 Å². The molecular weight excluding hydrogens is 354 g/mol. The number of fused-ring (bicyclic) bond motifs is 1. The summed E-state index contributed by atoms with van der Waals surface area (Å²) in [5.41, 5.74) is 0.880. The van der Waals surface area contributed by atoms with Crippen LogP contribution in [0.4, 0.5) is 0 Å². The topological polar surface area (TPSA) is 57.7 Å². The number of aromatic nitrogens is 1. The van der Waals surface area contributed by atoms with Crippen LogP contribution in [0, 0.1) is 11.8 Å². The first-order chi connectivity index (χ1) is 12.3. The minimum atomic E-state index is -0.489. The van der Waals surface area contributed by atoms with Gasteiger partial charge in [-0.1, -0.05) is 39.3 Å². The minimum absolute atomic E-state index is 0.242. The molecule has 2 rings (SSSR count). The summed E-state index contributed by atoms with van der Waals surface area (Å²) in [4.78, 5) is 16.4. The molecule has 0 aliphatic carbocycles. The van der Waals surface area contributed by atoms with Crippen molar-refractivity contribution in [3.05, 3.63) is 28.9 Å². The highest BCUT2D eigenvalue weighted by Gasteiger charge is 2.18. The summed E-state index contributed by atoms with van der Waals surface area (Å²) in [6.07, 6.45) is 1.43. The lowest BCUT2D eigenvalue weighted by Crippen LogP contribution is -2.09. The zero-order valence-corrected chi connectivity index (χ0v) is 16.7. The monoisotopic (exact) mass is 379 g/mol. The van der Waals surface area contributed by atoms with Crippen molar-refractivity contribution in [3.8, 4) is 11.5 Å². The minimum Gasteiger partial charge on any atom is -0.489 e. The largest absolute Gasteiger partial charge is 0.489 e. The first-order valence-corrected chi connectivity index (χ1v) is 9.26. The SMILES string of the molecule is CCOC(=O)c1cnc2cc(OCC(C)C)c(OCC(C)C)cc2c1Cl. The molecule has 0 unspecified atom stereocenters. The van der Waals surface area contributed by atoms with E-state index in [1.807, 2.05) is 0 Å². The second-order valence-electron chi connectivity index (χ2n) is 6.93. The number of benzene rings is 1. The van der Waals surface area contributed by atoms with E-state index in [0.29, 0.717) is 52.5 Å². The van der Waals surface area contributed by atoms with Gasteiger partial charge < -0.3 is 14.2 Å². The van der Waals surface area contributed by atoms with Gasteiger partial charge in [0.05, 0.1) is 35.9 Å². The van der Waals surface area contributed by atoms with E-state index >= 15 is 0 Å². The maximum Gasteiger partial charge on any atom is 0.341 e. The van der Waals surface area contributed by atoms with Crippen LogP contribution in [0.3, 0.4) is 0 Å². The van der Waals surface area contributed by atoms with Crippen molar-refractivity contribution in [1.82, 2.24) is 4.98 Å². The van der Waals surface area contributed by atoms with Crippen molar-refractivity contribution in [3.63, 3.8) is 0 Å². The normalized spacial score (nSPS) is 11.2. The Morgan fingerprint density at radius 2 is 1.65 bits per heavy atom. The number of esters is 1. The molecule has 0 fully saturated rings. The molecule has 26 heavy (non-hydrogen) atoms. The van der Waals surface area contributed by atoms with E-state index in [4.69, 9.17) is 25.8 Å². The fraction of sp³-hybridized carbons (Fsp3) is 0.500. The fourth-order valence-electron chi connectivity index (χ4n) is 2.26. The Kier molecular flexibility index (Phi) is 7.09. The zero-order valence-electron chi connectivity index (χ0n) is 16.0. The molecule has 0 atom stereocenters. The van der Waals surface area contributed by atoms with Gasteiger partial charge in [-0.15, -0.1) is 0 Å². The fourth-order valence-corrected chi connectivity index (χ4v) is 2.53. The number of hydrogen-bond donors (Lipinski definition) is 0. The van der Waals surface area contributed by atoms with Gasteiger partial charge in [-0.2, -0.15) is 0 Å². The highest BCUT2D eigenvalue weighted by atomic mass is 35.5. The molecule has 6 heteroatoms. The molecule has 0 N–H and O–H groups in total. The molecule has 0 bridgehead atoms. The van der Waals surface area contributed by atoms with Gasteiger partial charge >= 0.3 is 5.97 Å². The average Bonchev–Trinajstić information content (AvgIpc) is 2.58. The van der Waals surface area contributed by atoms with Crippen LogP contribution in [-0.4, -0.2) is 30.8 Å². The summed E-state index contributed by atoms with van der Waals surface area (Å²) in [6.45, 7) is 11.4. The summed E-state index contributed by atoms with van der Waals surface area (Å²) in [7, 11) is 0. The molecule has 0 saturated carbocycles. The third kappa shape index (κ3) is 5.01. The molecule has 0 amide bonds. The Hall–Kier alpha value is -2.01. The van der Waals surface area contributed by atoms with E-state index < -0.39 is 5.97 Å². The lowest BCUT2D eigenvalue weighted by molar-refractivity contribution is 0.0526. The highest BCUT2D eigenvalue weighted by Crippen LogP contribution is 2.36. The molecule has 2 aromatic rings. The Bertz CT molecular complexity index is 774. The summed E-state index contributed by atoms with van der Waals surface area (Å²) in [5, 5.41) is 0.936. The number of rotatable bonds is 8. The summed E-state index contributed by atoms with van der Waals surface area (Å²) in [6, 6.07) is 3.58. The number of ether oxygens (including phenoxy) is 3. The molecule has 0 radical (unpaired) electrons. The van der Waals surface area contributed by atoms with Crippen molar-refractivity contribution in [2.75, 3.05) is 19.8 Å². The summed E-state index contributed by atoms with van der Waals surface area (Å²) in [5.74, 6) is 1.47. The lowest BCUT2D eigenvalue weighted by atomic mass is 10.1. The van der Waals surface area contributed by atoms with Gasteiger partial charge in [0.1, 0.15) is 0 Å². The van der Waals surface area contributed by atoms with Crippen molar-refractivity contribution < 1.29 is 19.0 Å². The number of halogens is 1. The van der Waals surface area contributed by atoms with Gasteiger partial charge in [0.15, 0.2) is 11.5 Å². The molecule has 1 heterocycles. The molecule has 0 spiro atoms. The maximum atomic E-state index is 12.1. The van der Waals surface area contributed by atoms with Crippen LogP contribution in [0.25, 0.3) is 10.9 Å². The first kappa shape index (κ1) is 20.3. The van der Waals surface area contributed by atoms with Gasteiger partial charge in [-0.25, -0.2) is 4.79 Å². The van der Waals surface area contributed by atoms with E-state index in [9.17, 15) is 4.79 Å². The molecule has 142 valence electrons. The molecule has 0 aliphatic heterocycles. The third-order valence-corrected chi connectivity index (χ3v) is 3.91. The molecule has 5 nitrogen and oxygen atoms in total. The van der Waals surface area contributed by atoms with Crippen LogP contribution in [0.5, 0.6) is 11.5 Å².